The van der Waals surface area contributed by atoms with Gasteiger partial charge in [-0.2, -0.15) is 0 Å². The second-order valence-corrected chi connectivity index (χ2v) is 6.94. The first-order valence-corrected chi connectivity index (χ1v) is 8.52. The van der Waals surface area contributed by atoms with E-state index in [9.17, 15) is 0 Å². The Bertz CT molecular complexity index is 593. The maximum Gasteiger partial charge on any atom is 0.0364 e. The highest BCUT2D eigenvalue weighted by Gasteiger charge is 2.51. The smallest absolute Gasteiger partial charge is 0.0364 e. The third kappa shape index (κ3) is 1.54. The molecule has 2 heteroatoms. The molecule has 2 heterocycles. The minimum absolute atomic E-state index is 0.245. The highest BCUT2D eigenvalue weighted by molar-refractivity contribution is 5.56. The van der Waals surface area contributed by atoms with Crippen molar-refractivity contribution in [1.82, 2.24) is 10.2 Å². The largest absolute Gasteiger partial charge is 0.374 e. The van der Waals surface area contributed by atoms with Crippen LogP contribution >= 0.6 is 0 Å². The molecule has 112 valence electrons. The number of nitrogens with zero attached hydrogens (tertiary/aromatic N) is 1. The zero-order valence-corrected chi connectivity index (χ0v) is 13.4. The summed E-state index contributed by atoms with van der Waals surface area (Å²) in [5.74, 6) is 0.720. The third-order valence-electron chi connectivity index (χ3n) is 6.48. The second kappa shape index (κ2) is 4.53. The van der Waals surface area contributed by atoms with Gasteiger partial charge in [0.05, 0.1) is 0 Å². The summed E-state index contributed by atoms with van der Waals surface area (Å²) in [6.07, 6.45) is 15.3. The van der Waals surface area contributed by atoms with Gasteiger partial charge in [0.2, 0.25) is 0 Å². The van der Waals surface area contributed by atoms with E-state index in [0.717, 1.165) is 5.92 Å². The molecular formula is C19H26N2. The lowest BCUT2D eigenvalue weighted by molar-refractivity contribution is 0.126. The van der Waals surface area contributed by atoms with Crippen LogP contribution in [0.5, 0.6) is 0 Å². The molecule has 0 radical (unpaired) electrons. The van der Waals surface area contributed by atoms with Crippen LogP contribution in [0.4, 0.5) is 0 Å². The zero-order chi connectivity index (χ0) is 14.6. The van der Waals surface area contributed by atoms with Gasteiger partial charge in [-0.15, -0.1) is 0 Å². The Morgan fingerprint density at radius 1 is 1.29 bits per heavy atom. The number of rotatable bonds is 2. The summed E-state index contributed by atoms with van der Waals surface area (Å²) in [5.41, 5.74) is 6.79. The summed E-state index contributed by atoms with van der Waals surface area (Å²) in [6, 6.07) is 0.684. The summed E-state index contributed by atoms with van der Waals surface area (Å²) >= 11 is 0. The first kappa shape index (κ1) is 13.2. The van der Waals surface area contributed by atoms with Crippen molar-refractivity contribution < 1.29 is 0 Å². The number of likely N-dealkylation sites (tertiary alicyclic amines) is 1. The molecule has 3 unspecified atom stereocenters. The van der Waals surface area contributed by atoms with E-state index in [1.165, 1.54) is 32.1 Å². The van der Waals surface area contributed by atoms with E-state index < -0.39 is 0 Å². The predicted molar refractivity (Wildman–Crippen MR) is 87.4 cm³/mol. The van der Waals surface area contributed by atoms with Gasteiger partial charge < -0.3 is 10.2 Å². The van der Waals surface area contributed by atoms with Crippen LogP contribution in [0.25, 0.3) is 0 Å². The third-order valence-corrected chi connectivity index (χ3v) is 6.48. The average molecular weight is 282 g/mol. The zero-order valence-electron chi connectivity index (χ0n) is 13.4. The second-order valence-electron chi connectivity index (χ2n) is 6.94. The van der Waals surface area contributed by atoms with E-state index in [4.69, 9.17) is 0 Å². The standard InChI is InChI=1S/C19H26N2/c1-4-15-18-12-14-13-8-10-20-11-9-19(15,5-2)16(13)6-7-17(14)21(18)3/h8-11,15,18,20H,4-7,12H2,1-3H3. The summed E-state index contributed by atoms with van der Waals surface area (Å²) in [6.45, 7) is 4.76. The van der Waals surface area contributed by atoms with Gasteiger partial charge in [-0.25, -0.2) is 0 Å². The summed E-state index contributed by atoms with van der Waals surface area (Å²) in [5, 5.41) is 3.35. The van der Waals surface area contributed by atoms with E-state index in [1.807, 2.05) is 0 Å². The Labute approximate surface area is 128 Å². The van der Waals surface area contributed by atoms with E-state index >= 15 is 0 Å². The Morgan fingerprint density at radius 2 is 2.14 bits per heavy atom. The molecule has 0 saturated carbocycles. The molecule has 0 aromatic rings. The number of allylic oxidation sites excluding steroid dienone is 5. The fraction of sp³-hybridized carbons (Fsp3) is 0.579. The lowest BCUT2D eigenvalue weighted by Crippen LogP contribution is -2.45. The number of fused-ring (bicyclic) bond motifs is 1. The quantitative estimate of drug-likeness (QED) is 0.820. The predicted octanol–water partition coefficient (Wildman–Crippen LogP) is 4.10. The average Bonchev–Trinajstić information content (AvgIpc) is 2.76. The van der Waals surface area contributed by atoms with Gasteiger partial charge in [0.15, 0.2) is 0 Å². The summed E-state index contributed by atoms with van der Waals surface area (Å²) < 4.78 is 0. The van der Waals surface area contributed by atoms with Crippen molar-refractivity contribution in [1.29, 1.82) is 0 Å². The lowest BCUT2D eigenvalue weighted by atomic mass is 9.61. The molecule has 0 aromatic carbocycles. The van der Waals surface area contributed by atoms with Crippen LogP contribution < -0.4 is 5.32 Å². The lowest BCUT2D eigenvalue weighted by Gasteiger charge is -2.48. The minimum atomic E-state index is 0.245. The maximum absolute atomic E-state index is 3.35. The molecule has 0 fully saturated rings. The molecule has 0 amide bonds. The molecular weight excluding hydrogens is 256 g/mol. The van der Waals surface area contributed by atoms with Gasteiger partial charge in [-0.1, -0.05) is 31.9 Å². The molecule has 4 rings (SSSR count). The molecule has 2 aliphatic heterocycles. The van der Waals surface area contributed by atoms with Gasteiger partial charge >= 0.3 is 0 Å². The fourth-order valence-electron chi connectivity index (χ4n) is 5.53. The monoisotopic (exact) mass is 282 g/mol. The molecule has 4 aliphatic rings. The van der Waals surface area contributed by atoms with Crippen LogP contribution in [0.1, 0.15) is 46.0 Å². The van der Waals surface area contributed by atoms with E-state index in [-0.39, 0.29) is 5.41 Å². The van der Waals surface area contributed by atoms with Crippen molar-refractivity contribution in [3.8, 4) is 0 Å². The van der Waals surface area contributed by atoms with Crippen LogP contribution in [0.3, 0.4) is 0 Å². The molecule has 3 atom stereocenters. The fourth-order valence-corrected chi connectivity index (χ4v) is 5.53. The molecule has 1 N–H and O–H groups in total. The first-order chi connectivity index (χ1) is 10.2. The first-order valence-electron chi connectivity index (χ1n) is 8.52. The Balaban J connectivity index is 2.04. The van der Waals surface area contributed by atoms with Crippen LogP contribution in [0, 0.1) is 11.3 Å². The van der Waals surface area contributed by atoms with Gasteiger partial charge in [-0.05, 0) is 55.0 Å². The van der Waals surface area contributed by atoms with E-state index in [2.05, 4.69) is 55.7 Å². The number of hydrogen-bond acceptors (Lipinski definition) is 2. The van der Waals surface area contributed by atoms with Crippen LogP contribution in [0.15, 0.2) is 47.0 Å². The van der Waals surface area contributed by atoms with E-state index in [0.29, 0.717) is 6.04 Å². The summed E-state index contributed by atoms with van der Waals surface area (Å²) in [7, 11) is 2.33. The molecule has 0 spiro atoms. The van der Waals surface area contributed by atoms with Crippen LogP contribution in [0.2, 0.25) is 0 Å². The van der Waals surface area contributed by atoms with Gasteiger partial charge in [0, 0.05) is 30.4 Å². The normalized spacial score (nSPS) is 36.8. The van der Waals surface area contributed by atoms with Crippen LogP contribution in [-0.4, -0.2) is 18.0 Å². The van der Waals surface area contributed by atoms with Gasteiger partial charge in [0.1, 0.15) is 0 Å². The minimum Gasteiger partial charge on any atom is -0.374 e. The van der Waals surface area contributed by atoms with Gasteiger partial charge in [0.25, 0.3) is 0 Å². The maximum atomic E-state index is 3.35. The van der Waals surface area contributed by atoms with Crippen molar-refractivity contribution in [2.24, 2.45) is 11.3 Å². The number of nitrogens with one attached hydrogen (secondary N) is 1. The molecule has 0 saturated heterocycles. The van der Waals surface area contributed by atoms with Crippen molar-refractivity contribution >= 4 is 0 Å². The molecule has 21 heavy (non-hydrogen) atoms. The highest BCUT2D eigenvalue weighted by Crippen LogP contribution is 2.59. The van der Waals surface area contributed by atoms with Crippen molar-refractivity contribution in [3.63, 3.8) is 0 Å². The van der Waals surface area contributed by atoms with Crippen molar-refractivity contribution in [3.05, 3.63) is 47.0 Å². The number of hydrogen-bond donors (Lipinski definition) is 1. The Kier molecular flexibility index (Phi) is 2.85. The summed E-state index contributed by atoms with van der Waals surface area (Å²) in [4.78, 5) is 2.63. The Morgan fingerprint density at radius 3 is 2.90 bits per heavy atom. The molecule has 5 bridgehead atoms. The van der Waals surface area contributed by atoms with Gasteiger partial charge in [-0.3, -0.25) is 0 Å². The topological polar surface area (TPSA) is 15.3 Å². The molecule has 0 aromatic heterocycles. The Hall–Kier alpha value is -1.44. The molecule has 2 nitrogen and oxygen atoms in total. The van der Waals surface area contributed by atoms with Crippen molar-refractivity contribution in [2.45, 2.75) is 52.0 Å². The van der Waals surface area contributed by atoms with Crippen molar-refractivity contribution in [2.75, 3.05) is 7.05 Å². The highest BCUT2D eigenvalue weighted by atomic mass is 15.2. The van der Waals surface area contributed by atoms with Crippen LogP contribution in [-0.2, 0) is 0 Å². The molecule has 2 aliphatic carbocycles. The van der Waals surface area contributed by atoms with E-state index in [1.54, 1.807) is 22.4 Å². The SMILES string of the molecule is CCC1C2CC3=C(CCC4=C3C=CNC=CC41CC)N2C.